The minimum atomic E-state index is -4.63. The van der Waals surface area contributed by atoms with E-state index in [1.165, 1.54) is 29.7 Å². The number of anilines is 2. The molecule has 0 aliphatic heterocycles. The molecular formula is C23H22F3N5OS. The molecule has 0 unspecified atom stereocenters. The third kappa shape index (κ3) is 4.43. The first-order chi connectivity index (χ1) is 15.6. The molecule has 4 aromatic rings. The third-order valence-corrected chi connectivity index (χ3v) is 6.04. The number of halogens is 3. The van der Waals surface area contributed by atoms with Gasteiger partial charge in [0, 0.05) is 25.8 Å². The molecule has 0 radical (unpaired) electrons. The summed E-state index contributed by atoms with van der Waals surface area (Å²) >= 11 is 1.46. The van der Waals surface area contributed by atoms with E-state index in [4.69, 9.17) is 0 Å². The van der Waals surface area contributed by atoms with Gasteiger partial charge in [-0.25, -0.2) is 9.67 Å². The highest BCUT2D eigenvalue weighted by molar-refractivity contribution is 7.13. The maximum absolute atomic E-state index is 13.7. The van der Waals surface area contributed by atoms with E-state index in [0.717, 1.165) is 10.9 Å². The van der Waals surface area contributed by atoms with Gasteiger partial charge in [-0.1, -0.05) is 6.07 Å². The number of carbonyl (C=O) groups is 1. The van der Waals surface area contributed by atoms with Crippen LogP contribution in [-0.2, 0) is 6.18 Å². The van der Waals surface area contributed by atoms with Crippen LogP contribution in [0.3, 0.4) is 0 Å². The van der Waals surface area contributed by atoms with Crippen LogP contribution in [0.2, 0.25) is 0 Å². The van der Waals surface area contributed by atoms with Gasteiger partial charge in [-0.2, -0.15) is 18.3 Å². The largest absolute Gasteiger partial charge is 0.418 e. The lowest BCUT2D eigenvalue weighted by Gasteiger charge is -2.19. The van der Waals surface area contributed by atoms with Crippen molar-refractivity contribution >= 4 is 39.7 Å². The summed E-state index contributed by atoms with van der Waals surface area (Å²) in [5.74, 6) is -0.661. The Kier molecular flexibility index (Phi) is 5.87. The molecule has 0 bridgehead atoms. The molecule has 10 heteroatoms. The number of nitrogens with one attached hydrogen (secondary N) is 1. The zero-order valence-corrected chi connectivity index (χ0v) is 19.3. The number of aromatic nitrogens is 3. The van der Waals surface area contributed by atoms with Gasteiger partial charge in [0.2, 0.25) is 0 Å². The van der Waals surface area contributed by atoms with Crippen molar-refractivity contribution in [3.63, 3.8) is 0 Å². The molecule has 0 spiro atoms. The van der Waals surface area contributed by atoms with E-state index in [0.29, 0.717) is 22.4 Å². The quantitative estimate of drug-likeness (QED) is 0.382. The lowest BCUT2D eigenvalue weighted by molar-refractivity contribution is -0.136. The summed E-state index contributed by atoms with van der Waals surface area (Å²) in [5, 5.41) is 9.17. The fraction of sp³-hybridized carbons (Fsp3) is 0.261. The average molecular weight is 474 g/mol. The highest BCUT2D eigenvalue weighted by Crippen LogP contribution is 2.38. The number of nitrogens with zero attached hydrogens (tertiary/aromatic N) is 4. The van der Waals surface area contributed by atoms with Crippen LogP contribution in [0.5, 0.6) is 0 Å². The number of pyridine rings is 1. The van der Waals surface area contributed by atoms with Gasteiger partial charge in [-0.15, -0.1) is 11.3 Å². The SMILES string of the molecule is CC(C)n1ncc2c(C(=O)Nc3ccc(N(C)C)cc3C(F)(F)F)cc(-c3cccs3)nc21. The molecule has 1 aromatic carbocycles. The van der Waals surface area contributed by atoms with Crippen molar-refractivity contribution in [1.82, 2.24) is 14.8 Å². The van der Waals surface area contributed by atoms with E-state index in [-0.39, 0.29) is 17.3 Å². The third-order valence-electron chi connectivity index (χ3n) is 5.15. The molecule has 0 fully saturated rings. The van der Waals surface area contributed by atoms with E-state index in [9.17, 15) is 18.0 Å². The van der Waals surface area contributed by atoms with Gasteiger partial charge < -0.3 is 10.2 Å². The molecule has 1 N–H and O–H groups in total. The van der Waals surface area contributed by atoms with Crippen molar-refractivity contribution in [1.29, 1.82) is 0 Å². The van der Waals surface area contributed by atoms with Crippen LogP contribution in [-0.4, -0.2) is 34.8 Å². The Morgan fingerprint density at radius 3 is 2.55 bits per heavy atom. The van der Waals surface area contributed by atoms with Gasteiger partial charge in [0.1, 0.15) is 0 Å². The lowest BCUT2D eigenvalue weighted by Crippen LogP contribution is -2.18. The summed E-state index contributed by atoms with van der Waals surface area (Å²) < 4.78 is 42.9. The van der Waals surface area contributed by atoms with Gasteiger partial charge in [0.25, 0.3) is 5.91 Å². The molecule has 33 heavy (non-hydrogen) atoms. The summed E-state index contributed by atoms with van der Waals surface area (Å²) in [5.41, 5.74) is 0.426. The summed E-state index contributed by atoms with van der Waals surface area (Å²) in [6, 6.07) is 9.14. The second-order valence-corrected chi connectivity index (χ2v) is 8.98. The van der Waals surface area contributed by atoms with Gasteiger partial charge in [0.15, 0.2) is 5.65 Å². The predicted molar refractivity (Wildman–Crippen MR) is 125 cm³/mol. The maximum Gasteiger partial charge on any atom is 0.418 e. The molecule has 1 amide bonds. The molecule has 0 aliphatic carbocycles. The monoisotopic (exact) mass is 473 g/mol. The summed E-state index contributed by atoms with van der Waals surface area (Å²) in [7, 11) is 3.31. The van der Waals surface area contributed by atoms with Crippen LogP contribution in [0.25, 0.3) is 21.6 Å². The lowest BCUT2D eigenvalue weighted by atomic mass is 10.1. The highest BCUT2D eigenvalue weighted by atomic mass is 32.1. The fourth-order valence-corrected chi connectivity index (χ4v) is 4.16. The van der Waals surface area contributed by atoms with Crippen LogP contribution in [0.1, 0.15) is 35.8 Å². The molecule has 0 atom stereocenters. The van der Waals surface area contributed by atoms with Gasteiger partial charge in [-0.3, -0.25) is 4.79 Å². The Bertz CT molecular complexity index is 1310. The molecule has 3 aromatic heterocycles. The van der Waals surface area contributed by atoms with Crippen molar-refractivity contribution in [2.45, 2.75) is 26.1 Å². The summed E-state index contributed by atoms with van der Waals surface area (Å²) in [4.78, 5) is 20.4. The second-order valence-electron chi connectivity index (χ2n) is 8.03. The number of fused-ring (bicyclic) bond motifs is 1. The van der Waals surface area contributed by atoms with Crippen molar-refractivity contribution in [2.75, 3.05) is 24.3 Å². The number of rotatable bonds is 5. The minimum absolute atomic E-state index is 0.0140. The van der Waals surface area contributed by atoms with Gasteiger partial charge in [-0.05, 0) is 49.6 Å². The Morgan fingerprint density at radius 2 is 1.94 bits per heavy atom. The normalized spacial score (nSPS) is 11.9. The summed E-state index contributed by atoms with van der Waals surface area (Å²) in [6.45, 7) is 3.88. The first-order valence-corrected chi connectivity index (χ1v) is 11.1. The highest BCUT2D eigenvalue weighted by Gasteiger charge is 2.35. The van der Waals surface area contributed by atoms with Crippen molar-refractivity contribution in [2.24, 2.45) is 0 Å². The average Bonchev–Trinajstić information content (AvgIpc) is 3.42. The van der Waals surface area contributed by atoms with Crippen molar-refractivity contribution in [3.05, 3.63) is 59.1 Å². The molecule has 6 nitrogen and oxygen atoms in total. The van der Waals surface area contributed by atoms with Gasteiger partial charge in [0.05, 0.1) is 39.0 Å². The van der Waals surface area contributed by atoms with E-state index in [1.54, 1.807) is 29.7 Å². The van der Waals surface area contributed by atoms with E-state index in [2.05, 4.69) is 15.4 Å². The zero-order valence-electron chi connectivity index (χ0n) is 18.4. The zero-order chi connectivity index (χ0) is 23.9. The Morgan fingerprint density at radius 1 is 1.18 bits per heavy atom. The van der Waals surface area contributed by atoms with E-state index >= 15 is 0 Å². The van der Waals surface area contributed by atoms with Crippen LogP contribution in [0.4, 0.5) is 24.5 Å². The Balaban J connectivity index is 1.82. The van der Waals surface area contributed by atoms with Crippen LogP contribution in [0.15, 0.2) is 48.0 Å². The van der Waals surface area contributed by atoms with Gasteiger partial charge >= 0.3 is 6.18 Å². The van der Waals surface area contributed by atoms with Crippen LogP contribution >= 0.6 is 11.3 Å². The number of hydrogen-bond acceptors (Lipinski definition) is 5. The fourth-order valence-electron chi connectivity index (χ4n) is 3.48. The maximum atomic E-state index is 13.7. The van der Waals surface area contributed by atoms with Crippen LogP contribution < -0.4 is 10.2 Å². The number of hydrogen-bond donors (Lipinski definition) is 1. The molecule has 0 saturated heterocycles. The number of carbonyl (C=O) groups excluding carboxylic acids is 1. The standard InChI is InChI=1S/C23H22F3N5OS/c1-13(2)31-21-16(12-27-31)15(11-19(28-21)20-6-5-9-33-20)22(32)29-18-8-7-14(30(3)4)10-17(18)23(24,25)26/h5-13H,1-4H3,(H,29,32). The number of benzene rings is 1. The smallest absolute Gasteiger partial charge is 0.378 e. The molecule has 172 valence electrons. The topological polar surface area (TPSA) is 63.1 Å². The molecular weight excluding hydrogens is 451 g/mol. The van der Waals surface area contributed by atoms with Crippen molar-refractivity contribution < 1.29 is 18.0 Å². The second kappa shape index (κ2) is 8.51. The molecule has 0 saturated carbocycles. The first kappa shape index (κ1) is 22.8. The van der Waals surface area contributed by atoms with E-state index in [1.807, 2.05) is 31.4 Å². The number of thiophene rings is 1. The molecule has 0 aliphatic rings. The first-order valence-electron chi connectivity index (χ1n) is 10.2. The Labute approximate surface area is 192 Å². The van der Waals surface area contributed by atoms with Crippen molar-refractivity contribution in [3.8, 4) is 10.6 Å². The minimum Gasteiger partial charge on any atom is -0.378 e. The van der Waals surface area contributed by atoms with Crippen LogP contribution in [0, 0.1) is 0 Å². The number of alkyl halides is 3. The molecule has 4 rings (SSSR count). The van der Waals surface area contributed by atoms with E-state index < -0.39 is 17.6 Å². The summed E-state index contributed by atoms with van der Waals surface area (Å²) in [6.07, 6.45) is -3.11. The molecule has 3 heterocycles. The number of amides is 1. The Hall–Kier alpha value is -3.40. The predicted octanol–water partition coefficient (Wildman–Crippen LogP) is 6.08.